The van der Waals surface area contributed by atoms with Crippen molar-refractivity contribution in [1.29, 1.82) is 0 Å². The van der Waals surface area contributed by atoms with Crippen LogP contribution in [-0.2, 0) is 0 Å². The fourth-order valence-electron chi connectivity index (χ4n) is 4.22. The fraction of sp³-hybridized carbons (Fsp3) is 0.0769. The zero-order valence-electron chi connectivity index (χ0n) is 15.6. The third-order valence-corrected chi connectivity index (χ3v) is 10.5. The van der Waals surface area contributed by atoms with Gasteiger partial charge in [-0.25, -0.2) is 0 Å². The van der Waals surface area contributed by atoms with Crippen LogP contribution in [0.4, 0.5) is 0 Å². The molecule has 0 spiro atoms. The molecule has 132 valence electrons. The summed E-state index contributed by atoms with van der Waals surface area (Å²) in [4.78, 5) is 0. The largest absolute Gasteiger partial charge is 0.126 e. The van der Waals surface area contributed by atoms with Gasteiger partial charge in [0.2, 0.25) is 0 Å². The first-order valence-electron chi connectivity index (χ1n) is 9.51. The lowest BCUT2D eigenvalue weighted by Gasteiger charge is -2.38. The average Bonchev–Trinajstić information content (AvgIpc) is 2.76. The Bertz CT molecular complexity index is 885. The summed E-state index contributed by atoms with van der Waals surface area (Å²) in [5.74, 6) is 0. The lowest BCUT2D eigenvalue weighted by atomic mass is 10.0. The summed E-state index contributed by atoms with van der Waals surface area (Å²) >= 11 is 0. The minimum absolute atomic E-state index is 0.352. The second-order valence-corrected chi connectivity index (χ2v) is 11.3. The Hall–Kier alpha value is -2.90. The number of benzene rings is 4. The standard InChI is InChI=1S/C26H24Si/c1-27(24-18-10-4-11-19-24,25-20-12-5-13-21-25)26(22-14-6-2-7-15-22)23-16-8-3-9-17-23/h2-21,26H,1H3. The van der Waals surface area contributed by atoms with Crippen LogP contribution in [-0.4, -0.2) is 8.07 Å². The van der Waals surface area contributed by atoms with Crippen LogP contribution in [0.2, 0.25) is 6.55 Å². The molecule has 4 rings (SSSR count). The molecule has 0 aromatic heterocycles. The maximum Gasteiger partial charge on any atom is 0.126 e. The van der Waals surface area contributed by atoms with Gasteiger partial charge in [-0.05, 0) is 11.1 Å². The van der Waals surface area contributed by atoms with Crippen LogP contribution in [0.25, 0.3) is 0 Å². The van der Waals surface area contributed by atoms with Crippen molar-refractivity contribution in [1.82, 2.24) is 0 Å². The molecule has 0 bridgehead atoms. The maximum atomic E-state index is 2.52. The van der Waals surface area contributed by atoms with Gasteiger partial charge in [0.1, 0.15) is 8.07 Å². The topological polar surface area (TPSA) is 0 Å². The SMILES string of the molecule is C[Si](c1ccccc1)(c1ccccc1)C(c1ccccc1)c1ccccc1. The average molecular weight is 365 g/mol. The predicted octanol–water partition coefficient (Wildman–Crippen LogP) is 5.25. The number of rotatable bonds is 5. The molecule has 0 aliphatic rings. The van der Waals surface area contributed by atoms with E-state index < -0.39 is 8.07 Å². The second kappa shape index (κ2) is 7.77. The third kappa shape index (κ3) is 3.39. The van der Waals surface area contributed by atoms with Crippen molar-refractivity contribution in [2.45, 2.75) is 12.1 Å². The van der Waals surface area contributed by atoms with E-state index in [-0.39, 0.29) is 0 Å². The Labute approximate surface area is 163 Å². The Morgan fingerprint density at radius 3 is 1.07 bits per heavy atom. The van der Waals surface area contributed by atoms with Crippen LogP contribution in [0.5, 0.6) is 0 Å². The highest BCUT2D eigenvalue weighted by Crippen LogP contribution is 2.33. The molecule has 0 saturated carbocycles. The monoisotopic (exact) mass is 364 g/mol. The molecule has 27 heavy (non-hydrogen) atoms. The number of hydrogen-bond donors (Lipinski definition) is 0. The van der Waals surface area contributed by atoms with Crippen LogP contribution >= 0.6 is 0 Å². The Morgan fingerprint density at radius 1 is 0.444 bits per heavy atom. The molecule has 0 saturated heterocycles. The smallest absolute Gasteiger partial charge is 0.0626 e. The van der Waals surface area contributed by atoms with Gasteiger partial charge in [0, 0.05) is 5.54 Å². The fourth-order valence-corrected chi connectivity index (χ4v) is 8.71. The first kappa shape index (κ1) is 17.5. The van der Waals surface area contributed by atoms with E-state index >= 15 is 0 Å². The molecule has 0 N–H and O–H groups in total. The third-order valence-electron chi connectivity index (χ3n) is 5.59. The van der Waals surface area contributed by atoms with Crippen molar-refractivity contribution in [2.75, 3.05) is 0 Å². The van der Waals surface area contributed by atoms with Gasteiger partial charge in [-0.15, -0.1) is 0 Å². The van der Waals surface area contributed by atoms with Crippen molar-refractivity contribution < 1.29 is 0 Å². The summed E-state index contributed by atoms with van der Waals surface area (Å²) in [5.41, 5.74) is 3.14. The van der Waals surface area contributed by atoms with Gasteiger partial charge in [-0.3, -0.25) is 0 Å². The molecular weight excluding hydrogens is 340 g/mol. The van der Waals surface area contributed by atoms with Crippen LogP contribution < -0.4 is 10.4 Å². The first-order chi connectivity index (χ1) is 13.3. The molecule has 0 nitrogen and oxygen atoms in total. The summed E-state index contributed by atoms with van der Waals surface area (Å²) in [5, 5.41) is 2.93. The number of hydrogen-bond acceptors (Lipinski definition) is 0. The van der Waals surface area contributed by atoms with Crippen LogP contribution in [0.15, 0.2) is 121 Å². The second-order valence-electron chi connectivity index (χ2n) is 7.19. The Morgan fingerprint density at radius 2 is 0.741 bits per heavy atom. The van der Waals surface area contributed by atoms with Gasteiger partial charge in [0.25, 0.3) is 0 Å². The van der Waals surface area contributed by atoms with Crippen molar-refractivity contribution in [3.8, 4) is 0 Å². The van der Waals surface area contributed by atoms with Gasteiger partial charge in [0.05, 0.1) is 0 Å². The minimum atomic E-state index is -2.11. The van der Waals surface area contributed by atoms with E-state index in [4.69, 9.17) is 0 Å². The van der Waals surface area contributed by atoms with Gasteiger partial charge in [0.15, 0.2) is 0 Å². The molecule has 4 aromatic carbocycles. The van der Waals surface area contributed by atoms with E-state index in [2.05, 4.69) is 128 Å². The molecule has 0 amide bonds. The zero-order chi connectivity index (χ0) is 18.5. The first-order valence-corrected chi connectivity index (χ1v) is 12.1. The van der Waals surface area contributed by atoms with Gasteiger partial charge in [-0.1, -0.05) is 138 Å². The zero-order valence-corrected chi connectivity index (χ0v) is 16.6. The normalized spacial score (nSPS) is 11.5. The van der Waals surface area contributed by atoms with E-state index in [9.17, 15) is 0 Å². The van der Waals surface area contributed by atoms with Gasteiger partial charge < -0.3 is 0 Å². The van der Waals surface area contributed by atoms with Crippen molar-refractivity contribution in [2.24, 2.45) is 0 Å². The van der Waals surface area contributed by atoms with Crippen molar-refractivity contribution in [3.63, 3.8) is 0 Å². The van der Waals surface area contributed by atoms with Crippen molar-refractivity contribution >= 4 is 18.4 Å². The molecule has 0 unspecified atom stereocenters. The van der Waals surface area contributed by atoms with E-state index in [0.29, 0.717) is 5.54 Å². The van der Waals surface area contributed by atoms with Crippen molar-refractivity contribution in [3.05, 3.63) is 132 Å². The molecule has 0 radical (unpaired) electrons. The van der Waals surface area contributed by atoms with E-state index in [1.54, 1.807) is 0 Å². The predicted molar refractivity (Wildman–Crippen MR) is 118 cm³/mol. The molecule has 0 fully saturated rings. The highest BCUT2D eigenvalue weighted by Gasteiger charge is 2.41. The quantitative estimate of drug-likeness (QED) is 0.424. The molecule has 0 heterocycles. The molecule has 0 atom stereocenters. The van der Waals surface area contributed by atoms with E-state index in [1.807, 2.05) is 0 Å². The molecule has 1 heteroatoms. The lowest BCUT2D eigenvalue weighted by molar-refractivity contribution is 1.09. The van der Waals surface area contributed by atoms with Crippen LogP contribution in [0.3, 0.4) is 0 Å². The van der Waals surface area contributed by atoms with Gasteiger partial charge >= 0.3 is 0 Å². The highest BCUT2D eigenvalue weighted by atomic mass is 28.3. The summed E-state index contributed by atoms with van der Waals surface area (Å²) < 4.78 is 0. The molecule has 0 aliphatic carbocycles. The Balaban J connectivity index is 2.01. The molecule has 4 aromatic rings. The van der Waals surface area contributed by atoms with Crippen LogP contribution in [0.1, 0.15) is 16.7 Å². The molecular formula is C26H24Si. The maximum absolute atomic E-state index is 2.52. The summed E-state index contributed by atoms with van der Waals surface area (Å²) in [6, 6.07) is 44.2. The molecule has 0 aliphatic heterocycles. The van der Waals surface area contributed by atoms with E-state index in [1.165, 1.54) is 21.5 Å². The summed E-state index contributed by atoms with van der Waals surface area (Å²) in [6.45, 7) is 2.52. The highest BCUT2D eigenvalue weighted by molar-refractivity contribution is 7.02. The lowest BCUT2D eigenvalue weighted by Crippen LogP contribution is -2.60. The van der Waals surface area contributed by atoms with E-state index in [0.717, 1.165) is 0 Å². The summed E-state index contributed by atoms with van der Waals surface area (Å²) in [6.07, 6.45) is 0. The van der Waals surface area contributed by atoms with Crippen LogP contribution in [0, 0.1) is 0 Å². The minimum Gasteiger partial charge on any atom is -0.0626 e. The summed E-state index contributed by atoms with van der Waals surface area (Å²) in [7, 11) is -2.11. The van der Waals surface area contributed by atoms with Gasteiger partial charge in [-0.2, -0.15) is 0 Å². The Kier molecular flexibility index (Phi) is 5.04.